The van der Waals surface area contributed by atoms with Crippen molar-refractivity contribution in [3.63, 3.8) is 0 Å². The number of hydrogen-bond donors (Lipinski definition) is 0. The molecule has 0 fully saturated rings. The van der Waals surface area contributed by atoms with E-state index in [1.807, 2.05) is 30.3 Å². The lowest BCUT2D eigenvalue weighted by molar-refractivity contribution is 0.817. The van der Waals surface area contributed by atoms with Gasteiger partial charge < -0.3 is 0 Å². The minimum atomic E-state index is 0.652. The Morgan fingerprint density at radius 1 is 1.06 bits per heavy atom. The maximum Gasteiger partial charge on any atom is 0.187 e. The standard InChI is InChI=1S/C10H6BrN5/c11-9-8-10(13-6-12-9)16(15-14-8)7-4-2-1-3-5-7/h1-6H. The average Bonchev–Trinajstić information content (AvgIpc) is 2.75. The maximum absolute atomic E-state index is 4.18. The summed E-state index contributed by atoms with van der Waals surface area (Å²) in [5.74, 6) is 0. The summed E-state index contributed by atoms with van der Waals surface area (Å²) in [6, 6.07) is 9.74. The predicted molar refractivity (Wildman–Crippen MR) is 62.2 cm³/mol. The molecule has 2 heterocycles. The van der Waals surface area contributed by atoms with Crippen LogP contribution in [0.2, 0.25) is 0 Å². The molecule has 0 unspecified atom stereocenters. The van der Waals surface area contributed by atoms with Crippen molar-refractivity contribution in [3.8, 4) is 5.69 Å². The molecule has 0 aliphatic carbocycles. The van der Waals surface area contributed by atoms with Crippen molar-refractivity contribution in [2.45, 2.75) is 0 Å². The molecule has 0 radical (unpaired) electrons. The van der Waals surface area contributed by atoms with Crippen molar-refractivity contribution < 1.29 is 0 Å². The van der Waals surface area contributed by atoms with E-state index in [1.54, 1.807) is 4.68 Å². The lowest BCUT2D eigenvalue weighted by Crippen LogP contribution is -1.97. The molecule has 6 heteroatoms. The third-order valence-corrected chi connectivity index (χ3v) is 2.77. The molecule has 0 amide bonds. The zero-order valence-electron chi connectivity index (χ0n) is 8.08. The first-order chi connectivity index (χ1) is 7.86. The van der Waals surface area contributed by atoms with Crippen LogP contribution in [-0.4, -0.2) is 25.0 Å². The van der Waals surface area contributed by atoms with Gasteiger partial charge in [-0.05, 0) is 28.1 Å². The SMILES string of the molecule is Brc1ncnc2c1nnn2-c1ccccc1. The van der Waals surface area contributed by atoms with Gasteiger partial charge in [0.25, 0.3) is 0 Å². The molecule has 0 bridgehead atoms. The van der Waals surface area contributed by atoms with E-state index in [9.17, 15) is 0 Å². The molecule has 5 nitrogen and oxygen atoms in total. The van der Waals surface area contributed by atoms with Crippen molar-refractivity contribution in [2.75, 3.05) is 0 Å². The Kier molecular flexibility index (Phi) is 2.14. The number of aromatic nitrogens is 5. The van der Waals surface area contributed by atoms with E-state index in [4.69, 9.17) is 0 Å². The normalized spacial score (nSPS) is 10.8. The highest BCUT2D eigenvalue weighted by atomic mass is 79.9. The van der Waals surface area contributed by atoms with Crippen LogP contribution in [0.15, 0.2) is 41.3 Å². The van der Waals surface area contributed by atoms with Crippen LogP contribution in [0.3, 0.4) is 0 Å². The Balaban J connectivity index is 2.30. The van der Waals surface area contributed by atoms with Gasteiger partial charge in [-0.25, -0.2) is 9.97 Å². The van der Waals surface area contributed by atoms with E-state index in [1.165, 1.54) is 6.33 Å². The monoisotopic (exact) mass is 275 g/mol. The van der Waals surface area contributed by atoms with Crippen LogP contribution in [0, 0.1) is 0 Å². The van der Waals surface area contributed by atoms with Crippen LogP contribution in [0.5, 0.6) is 0 Å². The van der Waals surface area contributed by atoms with Crippen LogP contribution < -0.4 is 0 Å². The summed E-state index contributed by atoms with van der Waals surface area (Å²) in [7, 11) is 0. The third kappa shape index (κ3) is 1.38. The average molecular weight is 276 g/mol. The summed E-state index contributed by atoms with van der Waals surface area (Å²) < 4.78 is 2.33. The van der Waals surface area contributed by atoms with Crippen LogP contribution in [0.1, 0.15) is 0 Å². The number of hydrogen-bond acceptors (Lipinski definition) is 4. The summed E-state index contributed by atoms with van der Waals surface area (Å²) in [6.07, 6.45) is 1.48. The number of fused-ring (bicyclic) bond motifs is 1. The highest BCUT2D eigenvalue weighted by Gasteiger charge is 2.10. The number of rotatable bonds is 1. The van der Waals surface area contributed by atoms with Crippen LogP contribution in [-0.2, 0) is 0 Å². The molecule has 3 aromatic rings. The lowest BCUT2D eigenvalue weighted by atomic mass is 10.3. The quantitative estimate of drug-likeness (QED) is 0.638. The van der Waals surface area contributed by atoms with Gasteiger partial charge in [0.2, 0.25) is 0 Å². The van der Waals surface area contributed by atoms with E-state index in [0.717, 1.165) is 5.69 Å². The van der Waals surface area contributed by atoms with E-state index in [-0.39, 0.29) is 0 Å². The molecule has 0 aliphatic heterocycles. The lowest BCUT2D eigenvalue weighted by Gasteiger charge is -1.99. The van der Waals surface area contributed by atoms with Gasteiger partial charge in [-0.2, -0.15) is 4.68 Å². The fraction of sp³-hybridized carbons (Fsp3) is 0. The van der Waals surface area contributed by atoms with Crippen LogP contribution in [0.25, 0.3) is 16.9 Å². The van der Waals surface area contributed by atoms with Gasteiger partial charge >= 0.3 is 0 Å². The number of halogens is 1. The molecule has 0 atom stereocenters. The molecule has 3 rings (SSSR count). The number of para-hydroxylation sites is 1. The summed E-state index contributed by atoms with van der Waals surface area (Å²) >= 11 is 3.32. The van der Waals surface area contributed by atoms with Crippen LogP contribution in [0.4, 0.5) is 0 Å². The second-order valence-electron chi connectivity index (χ2n) is 3.17. The molecule has 2 aromatic heterocycles. The summed E-state index contributed by atoms with van der Waals surface area (Å²) in [5.41, 5.74) is 2.27. The summed E-state index contributed by atoms with van der Waals surface area (Å²) in [5, 5.41) is 8.10. The zero-order valence-corrected chi connectivity index (χ0v) is 9.66. The van der Waals surface area contributed by atoms with Gasteiger partial charge in [0.05, 0.1) is 5.69 Å². The fourth-order valence-electron chi connectivity index (χ4n) is 1.46. The molecule has 0 spiro atoms. The van der Waals surface area contributed by atoms with E-state index < -0.39 is 0 Å². The minimum Gasteiger partial charge on any atom is -0.227 e. The molecular formula is C10H6BrN5. The largest absolute Gasteiger partial charge is 0.227 e. The number of benzene rings is 1. The van der Waals surface area contributed by atoms with Crippen molar-refractivity contribution in [2.24, 2.45) is 0 Å². The van der Waals surface area contributed by atoms with E-state index in [2.05, 4.69) is 36.2 Å². The molecule has 78 valence electrons. The van der Waals surface area contributed by atoms with Crippen molar-refractivity contribution >= 4 is 27.1 Å². The van der Waals surface area contributed by atoms with Crippen LogP contribution >= 0.6 is 15.9 Å². The molecule has 0 N–H and O–H groups in total. The van der Waals surface area contributed by atoms with E-state index in [0.29, 0.717) is 15.8 Å². The first kappa shape index (κ1) is 9.41. The Hall–Kier alpha value is -1.82. The Labute approximate surface area is 99.3 Å². The second-order valence-corrected chi connectivity index (χ2v) is 3.92. The summed E-state index contributed by atoms with van der Waals surface area (Å²) in [4.78, 5) is 8.18. The fourth-order valence-corrected chi connectivity index (χ4v) is 1.81. The van der Waals surface area contributed by atoms with Crippen molar-refractivity contribution in [1.29, 1.82) is 0 Å². The van der Waals surface area contributed by atoms with Crippen molar-refractivity contribution in [3.05, 3.63) is 41.3 Å². The highest BCUT2D eigenvalue weighted by molar-refractivity contribution is 9.10. The molecule has 16 heavy (non-hydrogen) atoms. The second kappa shape index (κ2) is 3.64. The van der Waals surface area contributed by atoms with Gasteiger partial charge in [0.1, 0.15) is 10.9 Å². The molecule has 0 saturated heterocycles. The van der Waals surface area contributed by atoms with Gasteiger partial charge in [-0.15, -0.1) is 5.10 Å². The third-order valence-electron chi connectivity index (χ3n) is 2.19. The van der Waals surface area contributed by atoms with E-state index >= 15 is 0 Å². The molecule has 1 aromatic carbocycles. The smallest absolute Gasteiger partial charge is 0.187 e. The molecular weight excluding hydrogens is 270 g/mol. The van der Waals surface area contributed by atoms with Crippen molar-refractivity contribution in [1.82, 2.24) is 25.0 Å². The Morgan fingerprint density at radius 2 is 1.88 bits per heavy atom. The molecule has 0 saturated carbocycles. The molecule has 0 aliphatic rings. The first-order valence-corrected chi connectivity index (χ1v) is 5.43. The predicted octanol–water partition coefficient (Wildman–Crippen LogP) is 1.97. The first-order valence-electron chi connectivity index (χ1n) is 4.63. The topological polar surface area (TPSA) is 56.5 Å². The Morgan fingerprint density at radius 3 is 2.69 bits per heavy atom. The minimum absolute atomic E-state index is 0.652. The number of nitrogens with zero attached hydrogens (tertiary/aromatic N) is 5. The van der Waals surface area contributed by atoms with Gasteiger partial charge in [-0.1, -0.05) is 23.4 Å². The maximum atomic E-state index is 4.18. The van der Waals surface area contributed by atoms with Gasteiger partial charge in [0, 0.05) is 0 Å². The summed E-state index contributed by atoms with van der Waals surface area (Å²) in [6.45, 7) is 0. The Bertz CT molecular complexity index is 634. The zero-order chi connectivity index (χ0) is 11.0. The highest BCUT2D eigenvalue weighted by Crippen LogP contribution is 2.18. The van der Waals surface area contributed by atoms with Gasteiger partial charge in [-0.3, -0.25) is 0 Å². The van der Waals surface area contributed by atoms with Gasteiger partial charge in [0.15, 0.2) is 11.2 Å².